The quantitative estimate of drug-likeness (QED) is 0.837. The Morgan fingerprint density at radius 3 is 2.88 bits per heavy atom. The van der Waals surface area contributed by atoms with E-state index in [0.29, 0.717) is 17.4 Å². The molecular weight excluding hydrogens is 250 g/mol. The van der Waals surface area contributed by atoms with Gasteiger partial charge in [-0.25, -0.2) is 0 Å². The van der Waals surface area contributed by atoms with Gasteiger partial charge in [-0.2, -0.15) is 23.5 Å². The van der Waals surface area contributed by atoms with Crippen LogP contribution in [0.15, 0.2) is 0 Å². The van der Waals surface area contributed by atoms with Crippen LogP contribution in [0.3, 0.4) is 0 Å². The fraction of sp³-hybridized carbons (Fsp3) is 1.00. The summed E-state index contributed by atoms with van der Waals surface area (Å²) in [5.74, 6) is 2.57. The van der Waals surface area contributed by atoms with Gasteiger partial charge >= 0.3 is 0 Å². The Morgan fingerprint density at radius 1 is 1.35 bits per heavy atom. The van der Waals surface area contributed by atoms with E-state index in [9.17, 15) is 0 Å². The average Bonchev–Trinajstić information content (AvgIpc) is 2.82. The van der Waals surface area contributed by atoms with E-state index < -0.39 is 0 Å². The minimum absolute atomic E-state index is 0.379. The predicted octanol–water partition coefficient (Wildman–Crippen LogP) is 2.90. The van der Waals surface area contributed by atoms with Gasteiger partial charge in [0.15, 0.2) is 0 Å². The molecule has 0 bridgehead atoms. The molecule has 0 aromatic carbocycles. The Balaban J connectivity index is 1.63. The second-order valence-electron chi connectivity index (χ2n) is 5.14. The molecule has 0 amide bonds. The van der Waals surface area contributed by atoms with E-state index in [2.05, 4.69) is 30.4 Å². The lowest BCUT2D eigenvalue weighted by atomic mass is 10.0. The summed E-state index contributed by atoms with van der Waals surface area (Å²) in [5, 5.41) is 1.39. The lowest BCUT2D eigenvalue weighted by Crippen LogP contribution is -2.40. The van der Waals surface area contributed by atoms with Crippen molar-refractivity contribution < 1.29 is 4.74 Å². The van der Waals surface area contributed by atoms with Gasteiger partial charge in [0.25, 0.3) is 0 Å². The van der Waals surface area contributed by atoms with Gasteiger partial charge in [0.2, 0.25) is 0 Å². The van der Waals surface area contributed by atoms with Gasteiger partial charge in [-0.1, -0.05) is 6.92 Å². The van der Waals surface area contributed by atoms with Crippen LogP contribution in [0.5, 0.6) is 0 Å². The molecule has 0 spiro atoms. The number of thioether (sulfide) groups is 2. The molecule has 100 valence electrons. The highest BCUT2D eigenvalue weighted by Gasteiger charge is 2.28. The highest BCUT2D eigenvalue weighted by molar-refractivity contribution is 8.07. The number of hydrogen-bond donors (Lipinski definition) is 1. The smallest absolute Gasteiger partial charge is 0.0576 e. The van der Waals surface area contributed by atoms with Crippen LogP contribution in [0.25, 0.3) is 0 Å². The molecule has 2 aliphatic heterocycles. The molecule has 4 unspecified atom stereocenters. The zero-order chi connectivity index (χ0) is 12.1. The Morgan fingerprint density at radius 2 is 2.18 bits per heavy atom. The molecule has 4 atom stereocenters. The monoisotopic (exact) mass is 275 g/mol. The minimum atomic E-state index is 0.379. The van der Waals surface area contributed by atoms with E-state index in [1.165, 1.54) is 43.6 Å². The van der Waals surface area contributed by atoms with E-state index >= 15 is 0 Å². The first-order valence-electron chi connectivity index (χ1n) is 6.88. The van der Waals surface area contributed by atoms with Crippen LogP contribution >= 0.6 is 23.5 Å². The summed E-state index contributed by atoms with van der Waals surface area (Å²) in [4.78, 5) is 0. The number of ether oxygens (including phenoxy) is 1. The summed E-state index contributed by atoms with van der Waals surface area (Å²) >= 11 is 4.17. The standard InChI is InChI=1S/C13H25NOS2/c1-10-13(17-9-8-16-10)12(14)6-2-4-11-5-3-7-15-11/h10-13H,2-9,14H2,1H3. The third kappa shape index (κ3) is 4.34. The Kier molecular flexibility index (Phi) is 6.00. The van der Waals surface area contributed by atoms with Crippen LogP contribution in [-0.4, -0.2) is 40.8 Å². The fourth-order valence-electron chi connectivity index (χ4n) is 2.74. The zero-order valence-electron chi connectivity index (χ0n) is 10.8. The summed E-state index contributed by atoms with van der Waals surface area (Å²) < 4.78 is 5.65. The highest BCUT2D eigenvalue weighted by Crippen LogP contribution is 2.33. The van der Waals surface area contributed by atoms with Gasteiger partial charge < -0.3 is 10.5 Å². The SMILES string of the molecule is CC1SCCSC1C(N)CCCC1CCCO1. The highest BCUT2D eigenvalue weighted by atomic mass is 32.2. The molecule has 0 aromatic heterocycles. The summed E-state index contributed by atoms with van der Waals surface area (Å²) in [7, 11) is 0. The van der Waals surface area contributed by atoms with Crippen molar-refractivity contribution in [3.8, 4) is 0 Å². The van der Waals surface area contributed by atoms with Crippen molar-refractivity contribution in [2.45, 2.75) is 61.7 Å². The van der Waals surface area contributed by atoms with Gasteiger partial charge in [0.1, 0.15) is 0 Å². The van der Waals surface area contributed by atoms with Crippen LogP contribution in [0, 0.1) is 0 Å². The predicted molar refractivity (Wildman–Crippen MR) is 79.0 cm³/mol. The lowest BCUT2D eigenvalue weighted by Gasteiger charge is -2.32. The van der Waals surface area contributed by atoms with Crippen molar-refractivity contribution in [1.82, 2.24) is 0 Å². The van der Waals surface area contributed by atoms with Gasteiger partial charge in [0, 0.05) is 34.7 Å². The number of nitrogens with two attached hydrogens (primary N) is 1. The van der Waals surface area contributed by atoms with Crippen molar-refractivity contribution in [1.29, 1.82) is 0 Å². The third-order valence-corrected chi connectivity index (χ3v) is 7.02. The normalized spacial score (nSPS) is 36.0. The molecule has 2 heterocycles. The molecule has 2 aliphatic rings. The summed E-state index contributed by atoms with van der Waals surface area (Å²) in [6.07, 6.45) is 6.67. The topological polar surface area (TPSA) is 35.2 Å². The number of hydrogen-bond acceptors (Lipinski definition) is 4. The lowest BCUT2D eigenvalue weighted by molar-refractivity contribution is 0.101. The van der Waals surface area contributed by atoms with Gasteiger partial charge in [-0.05, 0) is 32.1 Å². The largest absolute Gasteiger partial charge is 0.378 e. The minimum Gasteiger partial charge on any atom is -0.378 e. The molecule has 2 nitrogen and oxygen atoms in total. The molecule has 0 saturated carbocycles. The molecule has 2 fully saturated rings. The fourth-order valence-corrected chi connectivity index (χ4v) is 5.67. The summed E-state index contributed by atoms with van der Waals surface area (Å²) in [6, 6.07) is 0.379. The molecule has 2 rings (SSSR count). The maximum atomic E-state index is 6.35. The maximum Gasteiger partial charge on any atom is 0.0576 e. The van der Waals surface area contributed by atoms with E-state index in [4.69, 9.17) is 10.5 Å². The first kappa shape index (κ1) is 14.0. The van der Waals surface area contributed by atoms with Gasteiger partial charge in [0.05, 0.1) is 6.10 Å². The van der Waals surface area contributed by atoms with E-state index in [1.807, 2.05) is 0 Å². The van der Waals surface area contributed by atoms with Crippen molar-refractivity contribution in [2.24, 2.45) is 5.73 Å². The van der Waals surface area contributed by atoms with Crippen LogP contribution in [-0.2, 0) is 4.74 Å². The first-order chi connectivity index (χ1) is 8.27. The van der Waals surface area contributed by atoms with Crippen LogP contribution in [0.2, 0.25) is 0 Å². The molecule has 0 radical (unpaired) electrons. The van der Waals surface area contributed by atoms with E-state index in [1.54, 1.807) is 0 Å². The van der Waals surface area contributed by atoms with Crippen molar-refractivity contribution in [2.75, 3.05) is 18.1 Å². The molecule has 2 saturated heterocycles. The Hall–Kier alpha value is 0.620. The summed E-state index contributed by atoms with van der Waals surface area (Å²) in [6.45, 7) is 3.31. The van der Waals surface area contributed by atoms with Crippen molar-refractivity contribution >= 4 is 23.5 Å². The molecule has 4 heteroatoms. The molecule has 2 N–H and O–H groups in total. The molecule has 17 heavy (non-hydrogen) atoms. The first-order valence-corrected chi connectivity index (χ1v) is 8.97. The zero-order valence-corrected chi connectivity index (χ0v) is 12.4. The molecule has 0 aromatic rings. The van der Waals surface area contributed by atoms with E-state index in [0.717, 1.165) is 11.9 Å². The van der Waals surface area contributed by atoms with Crippen LogP contribution in [0.1, 0.15) is 39.0 Å². The van der Waals surface area contributed by atoms with Crippen molar-refractivity contribution in [3.63, 3.8) is 0 Å². The Labute approximate surface area is 114 Å². The maximum absolute atomic E-state index is 6.35. The average molecular weight is 275 g/mol. The molecule has 0 aliphatic carbocycles. The second kappa shape index (κ2) is 7.27. The second-order valence-corrected chi connectivity index (χ2v) is 7.91. The van der Waals surface area contributed by atoms with Gasteiger partial charge in [-0.15, -0.1) is 0 Å². The van der Waals surface area contributed by atoms with E-state index in [-0.39, 0.29) is 0 Å². The number of rotatable bonds is 5. The van der Waals surface area contributed by atoms with Gasteiger partial charge in [-0.3, -0.25) is 0 Å². The third-order valence-electron chi connectivity index (χ3n) is 3.75. The molecular formula is C13H25NOS2. The van der Waals surface area contributed by atoms with Crippen LogP contribution < -0.4 is 5.73 Å². The van der Waals surface area contributed by atoms with Crippen LogP contribution in [0.4, 0.5) is 0 Å². The Bertz CT molecular complexity index is 221. The van der Waals surface area contributed by atoms with Crippen molar-refractivity contribution in [3.05, 3.63) is 0 Å². The summed E-state index contributed by atoms with van der Waals surface area (Å²) in [5.41, 5.74) is 6.35.